The Kier molecular flexibility index (Phi) is 4.16. The number of rotatable bonds is 5. The maximum atomic E-state index is 11.0. The van der Waals surface area contributed by atoms with E-state index < -0.39 is 10.1 Å². The van der Waals surface area contributed by atoms with Gasteiger partial charge in [0, 0.05) is 36.6 Å². The second kappa shape index (κ2) is 5.85. The molecule has 0 atom stereocenters. The van der Waals surface area contributed by atoms with Gasteiger partial charge in [0.15, 0.2) is 0 Å². The monoisotopic (exact) mass is 295 g/mol. The molecule has 0 bridgehead atoms. The summed E-state index contributed by atoms with van der Waals surface area (Å²) in [5.74, 6) is -0.109. The number of nitrogens with one attached hydrogen (secondary N) is 1. The first kappa shape index (κ1) is 14.2. The fraction of sp³-hybridized carbons (Fsp3) is 0.167. The molecule has 0 saturated heterocycles. The van der Waals surface area contributed by atoms with Gasteiger partial charge in [-0.3, -0.25) is 9.55 Å². The average Bonchev–Trinajstić information content (AvgIpc) is 2.88. The summed E-state index contributed by atoms with van der Waals surface area (Å²) in [6.07, 6.45) is 5.27. The molecule has 0 unspecified atom stereocenters. The fourth-order valence-electron chi connectivity index (χ4n) is 1.57. The number of hydrogen-bond acceptors (Lipinski definition) is 5. The molecule has 1 aromatic carbocycles. The van der Waals surface area contributed by atoms with Crippen LogP contribution in [0.2, 0.25) is 0 Å². The molecule has 8 heteroatoms. The molecule has 20 heavy (non-hydrogen) atoms. The molecule has 0 aliphatic carbocycles. The van der Waals surface area contributed by atoms with E-state index >= 15 is 0 Å². The summed E-state index contributed by atoms with van der Waals surface area (Å²) in [5.41, 5.74) is 1.16. The highest BCUT2D eigenvalue weighted by Gasteiger charge is 2.11. The summed E-state index contributed by atoms with van der Waals surface area (Å²) < 4.78 is 30.9. The Morgan fingerprint density at radius 3 is 2.85 bits per heavy atom. The topological polar surface area (TPSA) is 116 Å². The van der Waals surface area contributed by atoms with E-state index in [0.717, 1.165) is 17.8 Å². The SMILES string of the molecule is O=S(=O)(O)c1ccc(O)c(C=NCCc2cnc[nH]2)c1. The third-order valence-electron chi connectivity index (χ3n) is 2.59. The molecule has 0 aliphatic heterocycles. The van der Waals surface area contributed by atoms with Crippen LogP contribution in [0.15, 0.2) is 40.6 Å². The minimum absolute atomic E-state index is 0.109. The van der Waals surface area contributed by atoms with Crippen LogP contribution in [-0.4, -0.2) is 40.8 Å². The predicted molar refractivity (Wildman–Crippen MR) is 72.7 cm³/mol. The van der Waals surface area contributed by atoms with Crippen LogP contribution in [-0.2, 0) is 16.5 Å². The lowest BCUT2D eigenvalue weighted by molar-refractivity contribution is 0.472. The smallest absolute Gasteiger partial charge is 0.294 e. The highest BCUT2D eigenvalue weighted by Crippen LogP contribution is 2.19. The largest absolute Gasteiger partial charge is 0.507 e. The Morgan fingerprint density at radius 2 is 2.20 bits per heavy atom. The molecule has 106 valence electrons. The van der Waals surface area contributed by atoms with Crippen LogP contribution >= 0.6 is 0 Å². The summed E-state index contributed by atoms with van der Waals surface area (Å²) in [5, 5.41) is 9.60. The van der Waals surface area contributed by atoms with Gasteiger partial charge >= 0.3 is 0 Å². The number of phenols is 1. The standard InChI is InChI=1S/C12H13N3O4S/c16-12-2-1-11(20(17,18)19)5-9(12)6-13-4-3-10-7-14-8-15-10/h1-2,5-8,16H,3-4H2,(H,14,15)(H,17,18,19). The minimum Gasteiger partial charge on any atom is -0.507 e. The van der Waals surface area contributed by atoms with Crippen molar-refractivity contribution < 1.29 is 18.1 Å². The molecule has 1 heterocycles. The lowest BCUT2D eigenvalue weighted by atomic mass is 10.2. The van der Waals surface area contributed by atoms with Gasteiger partial charge < -0.3 is 10.1 Å². The van der Waals surface area contributed by atoms with Gasteiger partial charge in [0.2, 0.25) is 0 Å². The maximum Gasteiger partial charge on any atom is 0.294 e. The van der Waals surface area contributed by atoms with E-state index in [1.54, 1.807) is 12.5 Å². The van der Waals surface area contributed by atoms with Crippen LogP contribution in [0.5, 0.6) is 5.75 Å². The van der Waals surface area contributed by atoms with Crippen molar-refractivity contribution >= 4 is 16.3 Å². The second-order valence-electron chi connectivity index (χ2n) is 4.06. The molecule has 0 amide bonds. The second-order valence-corrected chi connectivity index (χ2v) is 5.48. The van der Waals surface area contributed by atoms with Crippen molar-refractivity contribution in [2.24, 2.45) is 4.99 Å². The molecule has 7 nitrogen and oxygen atoms in total. The van der Waals surface area contributed by atoms with Crippen LogP contribution < -0.4 is 0 Å². The van der Waals surface area contributed by atoms with Crippen LogP contribution in [0.3, 0.4) is 0 Å². The number of benzene rings is 1. The van der Waals surface area contributed by atoms with Gasteiger partial charge in [0.25, 0.3) is 10.1 Å². The molecule has 3 N–H and O–H groups in total. The number of aromatic nitrogens is 2. The summed E-state index contributed by atoms with van der Waals surface area (Å²) in [6, 6.07) is 3.47. The Balaban J connectivity index is 2.08. The number of aromatic hydroxyl groups is 1. The van der Waals surface area contributed by atoms with Gasteiger partial charge in [-0.25, -0.2) is 4.98 Å². The number of aliphatic imine (C=N–C) groups is 1. The molecule has 0 spiro atoms. The van der Waals surface area contributed by atoms with E-state index in [1.807, 2.05) is 0 Å². The number of imidazole rings is 1. The number of nitrogens with zero attached hydrogens (tertiary/aromatic N) is 2. The Morgan fingerprint density at radius 1 is 1.40 bits per heavy atom. The number of aromatic amines is 1. The zero-order valence-corrected chi connectivity index (χ0v) is 11.2. The molecule has 0 fully saturated rings. The quantitative estimate of drug-likeness (QED) is 0.562. The minimum atomic E-state index is -4.29. The third-order valence-corrected chi connectivity index (χ3v) is 3.44. The first-order chi connectivity index (χ1) is 9.47. The molecule has 1 aromatic heterocycles. The van der Waals surface area contributed by atoms with E-state index in [4.69, 9.17) is 4.55 Å². The summed E-state index contributed by atoms with van der Waals surface area (Å²) in [4.78, 5) is 10.6. The molecule has 2 aromatic rings. The molecule has 0 saturated carbocycles. The zero-order chi connectivity index (χ0) is 14.6. The van der Waals surface area contributed by atoms with Crippen molar-refractivity contribution in [3.05, 3.63) is 42.0 Å². The van der Waals surface area contributed by atoms with Gasteiger partial charge in [-0.05, 0) is 18.2 Å². The maximum absolute atomic E-state index is 11.0. The van der Waals surface area contributed by atoms with Gasteiger partial charge in [0.05, 0.1) is 11.2 Å². The van der Waals surface area contributed by atoms with E-state index in [0.29, 0.717) is 13.0 Å². The zero-order valence-electron chi connectivity index (χ0n) is 10.4. The van der Waals surface area contributed by atoms with Crippen LogP contribution in [0.25, 0.3) is 0 Å². The van der Waals surface area contributed by atoms with Crippen molar-refractivity contribution in [3.8, 4) is 5.75 Å². The predicted octanol–water partition coefficient (Wildman–Crippen LogP) is 1.02. The highest BCUT2D eigenvalue weighted by molar-refractivity contribution is 7.85. The number of hydrogen-bond donors (Lipinski definition) is 3. The van der Waals surface area contributed by atoms with E-state index in [9.17, 15) is 13.5 Å². The third kappa shape index (κ3) is 3.65. The first-order valence-corrected chi connectivity index (χ1v) is 7.18. The van der Waals surface area contributed by atoms with E-state index in [-0.39, 0.29) is 16.2 Å². The number of phenolic OH excluding ortho intramolecular Hbond substituents is 1. The van der Waals surface area contributed by atoms with Crippen molar-refractivity contribution in [1.29, 1.82) is 0 Å². The normalized spacial score (nSPS) is 12.1. The number of H-pyrrole nitrogens is 1. The van der Waals surface area contributed by atoms with Gasteiger partial charge in [-0.1, -0.05) is 0 Å². The van der Waals surface area contributed by atoms with Crippen LogP contribution in [0.4, 0.5) is 0 Å². The lowest BCUT2D eigenvalue weighted by Crippen LogP contribution is -1.99. The van der Waals surface area contributed by atoms with Crippen molar-refractivity contribution in [3.63, 3.8) is 0 Å². The molecule has 0 radical (unpaired) electrons. The van der Waals surface area contributed by atoms with Gasteiger partial charge in [-0.2, -0.15) is 8.42 Å². The van der Waals surface area contributed by atoms with Crippen molar-refractivity contribution in [2.45, 2.75) is 11.3 Å². The summed E-state index contributed by atoms with van der Waals surface area (Å²) >= 11 is 0. The van der Waals surface area contributed by atoms with E-state index in [1.165, 1.54) is 12.3 Å². The first-order valence-electron chi connectivity index (χ1n) is 5.74. The Bertz CT molecular complexity index is 708. The average molecular weight is 295 g/mol. The van der Waals surface area contributed by atoms with Crippen molar-refractivity contribution in [2.75, 3.05) is 6.54 Å². The van der Waals surface area contributed by atoms with E-state index in [2.05, 4.69) is 15.0 Å². The van der Waals surface area contributed by atoms with Gasteiger partial charge in [0.1, 0.15) is 5.75 Å². The lowest BCUT2D eigenvalue weighted by Gasteiger charge is -2.01. The van der Waals surface area contributed by atoms with Gasteiger partial charge in [-0.15, -0.1) is 0 Å². The molecule has 0 aliphatic rings. The molecular formula is C12H13N3O4S. The summed E-state index contributed by atoms with van der Waals surface area (Å²) in [6.45, 7) is 0.456. The molecule has 2 rings (SSSR count). The molecular weight excluding hydrogens is 282 g/mol. The summed E-state index contributed by atoms with van der Waals surface area (Å²) in [7, 11) is -4.29. The van der Waals surface area contributed by atoms with Crippen LogP contribution in [0.1, 0.15) is 11.3 Å². The fourth-order valence-corrected chi connectivity index (χ4v) is 2.08. The Hall–Kier alpha value is -2.19. The highest BCUT2D eigenvalue weighted by atomic mass is 32.2. The van der Waals surface area contributed by atoms with Crippen molar-refractivity contribution in [1.82, 2.24) is 9.97 Å². The Labute approximate surface area is 115 Å². The van der Waals surface area contributed by atoms with Crippen LogP contribution in [0, 0.1) is 0 Å².